The fourth-order valence-corrected chi connectivity index (χ4v) is 2.21. The van der Waals surface area contributed by atoms with Gasteiger partial charge in [-0.2, -0.15) is 0 Å². The van der Waals surface area contributed by atoms with Crippen LogP contribution in [0.4, 0.5) is 0 Å². The number of aliphatic carboxylic acids is 1. The lowest BCUT2D eigenvalue weighted by Gasteiger charge is -2.23. The van der Waals surface area contributed by atoms with Gasteiger partial charge in [0.25, 0.3) is 5.91 Å². The van der Waals surface area contributed by atoms with Gasteiger partial charge in [-0.15, -0.1) is 0 Å². The van der Waals surface area contributed by atoms with Gasteiger partial charge in [-0.25, -0.2) is 8.42 Å². The Balaban J connectivity index is 2.79. The maximum absolute atomic E-state index is 11.9. The number of amides is 1. The van der Waals surface area contributed by atoms with E-state index in [1.165, 1.54) is 24.3 Å². The predicted molar refractivity (Wildman–Crippen MR) is 77.9 cm³/mol. The minimum Gasteiger partial charge on any atom is -0.481 e. The van der Waals surface area contributed by atoms with Crippen LogP contribution < -0.4 is 5.32 Å². The molecule has 0 aliphatic rings. The molecule has 1 rings (SSSR count). The molecular formula is C14H19NO5S. The largest absolute Gasteiger partial charge is 0.481 e. The summed E-state index contributed by atoms with van der Waals surface area (Å²) < 4.78 is 22.6. The third kappa shape index (κ3) is 4.29. The van der Waals surface area contributed by atoms with Gasteiger partial charge < -0.3 is 10.4 Å². The van der Waals surface area contributed by atoms with Crippen molar-refractivity contribution in [3.05, 3.63) is 29.8 Å². The summed E-state index contributed by atoms with van der Waals surface area (Å²) in [6.45, 7) is 3.30. The average Bonchev–Trinajstić information content (AvgIpc) is 2.43. The number of sulfone groups is 1. The standard InChI is InChI=1S/C14H19NO5S/c1-4-14(2,13(17)18)9-15-12(16)10-5-7-11(8-6-10)21(3,19)20/h5-8H,4,9H2,1-3H3,(H,15,16)(H,17,18). The first-order valence-corrected chi connectivity index (χ1v) is 8.31. The fraction of sp³-hybridized carbons (Fsp3) is 0.429. The molecule has 0 bridgehead atoms. The van der Waals surface area contributed by atoms with Gasteiger partial charge in [-0.05, 0) is 37.6 Å². The first kappa shape index (κ1) is 17.2. The van der Waals surface area contributed by atoms with Gasteiger partial charge in [0.2, 0.25) is 0 Å². The zero-order chi connectivity index (χ0) is 16.3. The van der Waals surface area contributed by atoms with Crippen molar-refractivity contribution < 1.29 is 23.1 Å². The molecule has 1 unspecified atom stereocenters. The first-order valence-electron chi connectivity index (χ1n) is 6.42. The van der Waals surface area contributed by atoms with Crippen LogP contribution in [0.3, 0.4) is 0 Å². The Hall–Kier alpha value is -1.89. The van der Waals surface area contributed by atoms with Crippen LogP contribution in [0.5, 0.6) is 0 Å². The first-order chi connectivity index (χ1) is 9.60. The molecule has 0 aliphatic heterocycles. The van der Waals surface area contributed by atoms with E-state index in [9.17, 15) is 18.0 Å². The molecule has 0 spiro atoms. The fourth-order valence-electron chi connectivity index (χ4n) is 1.58. The summed E-state index contributed by atoms with van der Waals surface area (Å²) in [6.07, 6.45) is 1.47. The molecule has 1 aromatic rings. The van der Waals surface area contributed by atoms with Gasteiger partial charge in [0, 0.05) is 18.4 Å². The van der Waals surface area contributed by atoms with Crippen molar-refractivity contribution in [1.82, 2.24) is 5.32 Å². The van der Waals surface area contributed by atoms with E-state index >= 15 is 0 Å². The topological polar surface area (TPSA) is 101 Å². The van der Waals surface area contributed by atoms with Crippen LogP contribution in [0.2, 0.25) is 0 Å². The molecule has 6 nitrogen and oxygen atoms in total. The van der Waals surface area contributed by atoms with Crippen LogP contribution in [0.25, 0.3) is 0 Å². The molecule has 21 heavy (non-hydrogen) atoms. The Morgan fingerprint density at radius 2 is 1.76 bits per heavy atom. The van der Waals surface area contributed by atoms with E-state index in [2.05, 4.69) is 5.32 Å². The maximum atomic E-state index is 11.9. The van der Waals surface area contributed by atoms with Gasteiger partial charge in [0.1, 0.15) is 0 Å². The van der Waals surface area contributed by atoms with Crippen molar-refractivity contribution in [3.63, 3.8) is 0 Å². The van der Waals surface area contributed by atoms with Crippen molar-refractivity contribution >= 4 is 21.7 Å². The normalized spacial score (nSPS) is 14.2. The van der Waals surface area contributed by atoms with Crippen LogP contribution in [-0.2, 0) is 14.6 Å². The van der Waals surface area contributed by atoms with Crippen molar-refractivity contribution in [2.24, 2.45) is 5.41 Å². The van der Waals surface area contributed by atoms with E-state index in [4.69, 9.17) is 5.11 Å². The van der Waals surface area contributed by atoms with E-state index in [-0.39, 0.29) is 17.0 Å². The lowest BCUT2D eigenvalue weighted by molar-refractivity contribution is -0.147. The monoisotopic (exact) mass is 313 g/mol. The number of carbonyl (C=O) groups excluding carboxylic acids is 1. The van der Waals surface area contributed by atoms with Crippen LogP contribution in [0.1, 0.15) is 30.6 Å². The summed E-state index contributed by atoms with van der Waals surface area (Å²) in [6, 6.07) is 5.49. The lowest BCUT2D eigenvalue weighted by Crippen LogP contribution is -2.40. The minimum atomic E-state index is -3.31. The molecule has 0 fully saturated rings. The number of carboxylic acid groups (broad SMARTS) is 1. The Labute approximate surface area is 124 Å². The third-order valence-corrected chi connectivity index (χ3v) is 4.61. The molecule has 1 aromatic carbocycles. The Kier molecular flexibility index (Phi) is 5.11. The van der Waals surface area contributed by atoms with Crippen molar-refractivity contribution in [3.8, 4) is 0 Å². The summed E-state index contributed by atoms with van der Waals surface area (Å²) in [5.74, 6) is -1.41. The molecule has 0 aromatic heterocycles. The predicted octanol–water partition coefficient (Wildman–Crippen LogP) is 1.32. The molecule has 0 heterocycles. The van der Waals surface area contributed by atoms with Crippen LogP contribution >= 0.6 is 0 Å². The van der Waals surface area contributed by atoms with E-state index < -0.39 is 27.1 Å². The molecule has 1 amide bonds. The summed E-state index contributed by atoms with van der Waals surface area (Å²) >= 11 is 0. The van der Waals surface area contributed by atoms with Gasteiger partial charge in [-0.3, -0.25) is 9.59 Å². The number of carbonyl (C=O) groups is 2. The van der Waals surface area contributed by atoms with E-state index in [0.717, 1.165) is 6.26 Å². The van der Waals surface area contributed by atoms with E-state index in [1.54, 1.807) is 13.8 Å². The number of nitrogens with one attached hydrogen (secondary N) is 1. The Morgan fingerprint density at radius 3 is 2.14 bits per heavy atom. The number of carboxylic acids is 1. The van der Waals surface area contributed by atoms with Crippen LogP contribution in [0.15, 0.2) is 29.2 Å². The van der Waals surface area contributed by atoms with Crippen LogP contribution in [0, 0.1) is 5.41 Å². The van der Waals surface area contributed by atoms with Crippen molar-refractivity contribution in [1.29, 1.82) is 0 Å². The van der Waals surface area contributed by atoms with Gasteiger partial charge in [0.15, 0.2) is 9.84 Å². The second-order valence-electron chi connectivity index (χ2n) is 5.20. The molecule has 116 valence electrons. The molecule has 0 radical (unpaired) electrons. The second kappa shape index (κ2) is 6.26. The number of rotatable bonds is 6. The number of hydrogen-bond donors (Lipinski definition) is 2. The highest BCUT2D eigenvalue weighted by Gasteiger charge is 2.31. The summed E-state index contributed by atoms with van der Waals surface area (Å²) in [4.78, 5) is 23.2. The Morgan fingerprint density at radius 1 is 1.24 bits per heavy atom. The smallest absolute Gasteiger partial charge is 0.311 e. The van der Waals surface area contributed by atoms with E-state index in [0.29, 0.717) is 6.42 Å². The van der Waals surface area contributed by atoms with Gasteiger partial charge >= 0.3 is 5.97 Å². The van der Waals surface area contributed by atoms with E-state index in [1.807, 2.05) is 0 Å². The molecule has 0 saturated carbocycles. The quantitative estimate of drug-likeness (QED) is 0.825. The molecular weight excluding hydrogens is 294 g/mol. The third-order valence-electron chi connectivity index (χ3n) is 3.48. The highest BCUT2D eigenvalue weighted by molar-refractivity contribution is 7.90. The summed E-state index contributed by atoms with van der Waals surface area (Å²) in [5, 5.41) is 11.7. The molecule has 1 atom stereocenters. The molecule has 7 heteroatoms. The summed E-state index contributed by atoms with van der Waals surface area (Å²) in [5.41, 5.74) is -0.742. The Bertz CT molecular complexity index is 636. The van der Waals surface area contributed by atoms with Gasteiger partial charge in [0.05, 0.1) is 10.3 Å². The summed E-state index contributed by atoms with van der Waals surface area (Å²) in [7, 11) is -3.31. The minimum absolute atomic E-state index is 0.00545. The average molecular weight is 313 g/mol. The van der Waals surface area contributed by atoms with Crippen molar-refractivity contribution in [2.45, 2.75) is 25.2 Å². The number of benzene rings is 1. The maximum Gasteiger partial charge on any atom is 0.311 e. The zero-order valence-electron chi connectivity index (χ0n) is 12.2. The molecule has 0 aliphatic carbocycles. The molecule has 2 N–H and O–H groups in total. The highest BCUT2D eigenvalue weighted by Crippen LogP contribution is 2.20. The lowest BCUT2D eigenvalue weighted by atomic mass is 9.87. The van der Waals surface area contributed by atoms with Crippen LogP contribution in [-0.4, -0.2) is 38.2 Å². The van der Waals surface area contributed by atoms with Gasteiger partial charge in [-0.1, -0.05) is 6.92 Å². The molecule has 0 saturated heterocycles. The highest BCUT2D eigenvalue weighted by atomic mass is 32.2. The SMILES string of the molecule is CCC(C)(CNC(=O)c1ccc(S(C)(=O)=O)cc1)C(=O)O. The second-order valence-corrected chi connectivity index (χ2v) is 7.21. The number of hydrogen-bond acceptors (Lipinski definition) is 4. The van der Waals surface area contributed by atoms with Crippen molar-refractivity contribution in [2.75, 3.05) is 12.8 Å². The zero-order valence-corrected chi connectivity index (χ0v) is 13.0.